The minimum atomic E-state index is -4.57. The Morgan fingerprint density at radius 1 is 1.28 bits per heavy atom. The number of aryl methyl sites for hydroxylation is 1. The van der Waals surface area contributed by atoms with Gasteiger partial charge in [-0.3, -0.25) is 8.74 Å². The van der Waals surface area contributed by atoms with E-state index in [1.165, 1.54) is 19.1 Å². The summed E-state index contributed by atoms with van der Waals surface area (Å²) in [6.07, 6.45) is -0.933. The highest BCUT2D eigenvalue weighted by Gasteiger charge is 2.09. The fourth-order valence-electron chi connectivity index (χ4n) is 1.63. The lowest BCUT2D eigenvalue weighted by Gasteiger charge is -2.07. The van der Waals surface area contributed by atoms with Crippen LogP contribution in [0.25, 0.3) is 0 Å². The molecule has 0 amide bonds. The highest BCUT2D eigenvalue weighted by Crippen LogP contribution is 2.17. The normalized spacial score (nSPS) is 12.8. The Hall–Kier alpha value is -2.06. The van der Waals surface area contributed by atoms with E-state index in [0.717, 1.165) is 0 Å². The minimum absolute atomic E-state index is 0.0181. The third-order valence-corrected chi connectivity index (χ3v) is 3.99. The first kappa shape index (κ1) is 19.3. The van der Waals surface area contributed by atoms with E-state index in [1.54, 1.807) is 12.1 Å². The molecule has 2 rings (SSSR count). The van der Waals surface area contributed by atoms with Crippen LogP contribution in [0.2, 0.25) is 0 Å². The average molecular weight is 392 g/mol. The summed E-state index contributed by atoms with van der Waals surface area (Å²) >= 11 is -1.91. The molecule has 0 spiro atoms. The number of rotatable bonds is 8. The second kappa shape index (κ2) is 8.35. The molecule has 1 unspecified atom stereocenters. The summed E-state index contributed by atoms with van der Waals surface area (Å²) < 4.78 is 63.2. The van der Waals surface area contributed by atoms with Crippen LogP contribution >= 0.6 is 0 Å². The summed E-state index contributed by atoms with van der Waals surface area (Å²) in [7, 11) is -4.57. The lowest BCUT2D eigenvalue weighted by atomic mass is 10.3. The zero-order valence-electron chi connectivity index (χ0n) is 12.7. The number of nitrogens with zero attached hydrogens (tertiary/aromatic N) is 3. The van der Waals surface area contributed by atoms with Gasteiger partial charge in [0.2, 0.25) is 5.95 Å². The maximum absolute atomic E-state index is 13.2. The molecule has 0 saturated heterocycles. The van der Waals surface area contributed by atoms with Crippen LogP contribution < -0.4 is 5.32 Å². The minimum Gasteiger partial charge on any atom is -0.324 e. The number of benzene rings is 1. The zero-order chi connectivity index (χ0) is 18.4. The summed E-state index contributed by atoms with van der Waals surface area (Å²) in [5.74, 6) is 0.173. The van der Waals surface area contributed by atoms with Gasteiger partial charge in [-0.1, -0.05) is 6.07 Å². The molecule has 0 aliphatic rings. The second-order valence-electron chi connectivity index (χ2n) is 4.43. The molecule has 10 nitrogen and oxygen atoms in total. The van der Waals surface area contributed by atoms with Crippen LogP contribution in [0, 0.1) is 13.0 Å². The van der Waals surface area contributed by atoms with Crippen molar-refractivity contribution in [1.82, 2.24) is 15.0 Å². The molecule has 0 fully saturated rings. The molecule has 1 aromatic heterocycles. The number of hydrogen-bond acceptors (Lipinski definition) is 9. The van der Waals surface area contributed by atoms with Crippen LogP contribution in [0.1, 0.15) is 5.82 Å². The van der Waals surface area contributed by atoms with Crippen molar-refractivity contribution in [3.8, 4) is 0 Å². The van der Waals surface area contributed by atoms with Gasteiger partial charge >= 0.3 is 16.5 Å². The van der Waals surface area contributed by atoms with E-state index >= 15 is 0 Å². The molecule has 1 aromatic carbocycles. The second-order valence-corrected chi connectivity index (χ2v) is 6.70. The third kappa shape index (κ3) is 6.75. The van der Waals surface area contributed by atoms with E-state index in [9.17, 15) is 17.0 Å². The monoisotopic (exact) mass is 392 g/mol. The van der Waals surface area contributed by atoms with Crippen molar-refractivity contribution < 1.29 is 29.9 Å². The largest absolute Gasteiger partial charge is 0.397 e. The molecule has 0 radical (unpaired) electrons. The summed E-state index contributed by atoms with van der Waals surface area (Å²) in [4.78, 5) is 11.1. The van der Waals surface area contributed by atoms with Gasteiger partial charge in [-0.15, -0.1) is 0 Å². The summed E-state index contributed by atoms with van der Waals surface area (Å²) in [6.45, 7) is 0.678. The van der Waals surface area contributed by atoms with Gasteiger partial charge in [0.1, 0.15) is 5.82 Å². The summed E-state index contributed by atoms with van der Waals surface area (Å²) in [6, 6.07) is 6.14. The fourth-order valence-corrected chi connectivity index (χ4v) is 2.68. The lowest BCUT2D eigenvalue weighted by molar-refractivity contribution is 0.212. The molecule has 0 aliphatic carbocycles. The van der Waals surface area contributed by atoms with Crippen molar-refractivity contribution in [3.05, 3.63) is 36.2 Å². The number of aromatic nitrogens is 3. The molecule has 1 atom stereocenters. The lowest BCUT2D eigenvalue weighted by Crippen LogP contribution is -2.11. The van der Waals surface area contributed by atoms with Gasteiger partial charge in [-0.05, 0) is 25.1 Å². The van der Waals surface area contributed by atoms with Crippen LogP contribution in [-0.2, 0) is 29.8 Å². The number of nitrogens with one attached hydrogen (secondary N) is 1. The quantitative estimate of drug-likeness (QED) is 0.492. The molecular formula is C12H13FN4O6S2. The van der Waals surface area contributed by atoms with Crippen LogP contribution in [-0.4, -0.2) is 45.3 Å². The SMILES string of the molecule is Cc1nc(F)nc(Nc2cccc(S(=O)OCCOS(=O)(=O)O)c2)n1. The van der Waals surface area contributed by atoms with Crippen molar-refractivity contribution in [1.29, 1.82) is 0 Å². The molecule has 0 aliphatic heterocycles. The maximum Gasteiger partial charge on any atom is 0.397 e. The number of hydrogen-bond donors (Lipinski definition) is 2. The molecule has 0 bridgehead atoms. The van der Waals surface area contributed by atoms with Gasteiger partial charge in [0.25, 0.3) is 0 Å². The Morgan fingerprint density at radius 3 is 2.72 bits per heavy atom. The molecule has 2 aromatic rings. The van der Waals surface area contributed by atoms with E-state index in [-0.39, 0.29) is 23.3 Å². The van der Waals surface area contributed by atoms with Gasteiger partial charge in [-0.2, -0.15) is 27.8 Å². The van der Waals surface area contributed by atoms with E-state index in [0.29, 0.717) is 5.69 Å². The van der Waals surface area contributed by atoms with Gasteiger partial charge in [0.15, 0.2) is 11.1 Å². The Bertz CT molecular complexity index is 859. The van der Waals surface area contributed by atoms with Crippen molar-refractivity contribution in [2.75, 3.05) is 18.5 Å². The van der Waals surface area contributed by atoms with E-state index in [2.05, 4.69) is 24.5 Å². The zero-order valence-corrected chi connectivity index (χ0v) is 14.4. The molecular weight excluding hydrogens is 379 g/mol. The Kier molecular flexibility index (Phi) is 6.44. The average Bonchev–Trinajstić information content (AvgIpc) is 2.49. The van der Waals surface area contributed by atoms with Crippen LogP contribution in [0.4, 0.5) is 16.0 Å². The smallest absolute Gasteiger partial charge is 0.324 e. The first-order valence-electron chi connectivity index (χ1n) is 6.65. The highest BCUT2D eigenvalue weighted by molar-refractivity contribution is 7.81. The van der Waals surface area contributed by atoms with Crippen molar-refractivity contribution in [3.63, 3.8) is 0 Å². The first-order valence-corrected chi connectivity index (χ1v) is 9.09. The molecule has 25 heavy (non-hydrogen) atoms. The summed E-state index contributed by atoms with van der Waals surface area (Å²) in [5.41, 5.74) is 0.425. The van der Waals surface area contributed by atoms with Gasteiger partial charge in [0.05, 0.1) is 18.1 Å². The summed E-state index contributed by atoms with van der Waals surface area (Å²) in [5, 5.41) is 2.74. The highest BCUT2D eigenvalue weighted by atomic mass is 32.3. The third-order valence-electron chi connectivity index (χ3n) is 2.51. The molecule has 1 heterocycles. The number of anilines is 2. The predicted octanol–water partition coefficient (Wildman–Crippen LogP) is 0.921. The van der Waals surface area contributed by atoms with Crippen molar-refractivity contribution in [2.45, 2.75) is 11.8 Å². The Labute approximate surface area is 145 Å². The number of halogens is 1. The standard InChI is InChI=1S/C12H13FN4O6S2/c1-8-14-11(13)17-12(15-8)16-9-3-2-4-10(7-9)24(18)22-5-6-23-25(19,20)21/h2-4,7H,5-6H2,1H3,(H,19,20,21)(H,14,15,16,17). The van der Waals surface area contributed by atoms with Crippen molar-refractivity contribution >= 4 is 33.1 Å². The van der Waals surface area contributed by atoms with E-state index < -0.39 is 34.2 Å². The fraction of sp³-hybridized carbons (Fsp3) is 0.250. The molecule has 13 heteroatoms. The van der Waals surface area contributed by atoms with E-state index in [4.69, 9.17) is 8.74 Å². The first-order chi connectivity index (χ1) is 11.7. The van der Waals surface area contributed by atoms with Crippen LogP contribution in [0.15, 0.2) is 29.2 Å². The molecule has 0 saturated carbocycles. The molecule has 2 N–H and O–H groups in total. The van der Waals surface area contributed by atoms with Crippen molar-refractivity contribution in [2.24, 2.45) is 0 Å². The topological polar surface area (TPSA) is 141 Å². The van der Waals surface area contributed by atoms with E-state index in [1.807, 2.05) is 0 Å². The Morgan fingerprint density at radius 2 is 2.04 bits per heavy atom. The van der Waals surface area contributed by atoms with Gasteiger partial charge in [0, 0.05) is 5.69 Å². The maximum atomic E-state index is 13.2. The predicted molar refractivity (Wildman–Crippen MR) is 84.1 cm³/mol. The Balaban J connectivity index is 1.99. The van der Waals surface area contributed by atoms with Crippen LogP contribution in [0.3, 0.4) is 0 Å². The van der Waals surface area contributed by atoms with Gasteiger partial charge in [-0.25, -0.2) is 8.39 Å². The van der Waals surface area contributed by atoms with Crippen LogP contribution in [0.5, 0.6) is 0 Å². The molecule has 136 valence electrons. The van der Waals surface area contributed by atoms with Gasteiger partial charge < -0.3 is 5.32 Å².